The normalized spacial score (nSPS) is 15.4. The van der Waals surface area contributed by atoms with Gasteiger partial charge in [-0.05, 0) is 42.7 Å². The number of thiophene rings is 1. The molecule has 3 aromatic heterocycles. The van der Waals surface area contributed by atoms with Gasteiger partial charge in [0, 0.05) is 37.6 Å². The first-order valence-corrected chi connectivity index (χ1v) is 11.3. The van der Waals surface area contributed by atoms with Crippen LogP contribution in [0.2, 0.25) is 0 Å². The van der Waals surface area contributed by atoms with Gasteiger partial charge in [-0.15, -0.1) is 16.4 Å². The number of thioether (sulfide) groups is 1. The van der Waals surface area contributed by atoms with Crippen LogP contribution in [0, 0.1) is 6.92 Å². The zero-order valence-corrected chi connectivity index (χ0v) is 17.8. The number of H-pyrrole nitrogens is 1. The molecule has 4 heterocycles. The first kappa shape index (κ1) is 19.9. The second-order valence-corrected chi connectivity index (χ2v) is 8.78. The van der Waals surface area contributed by atoms with Crippen molar-refractivity contribution in [2.24, 2.45) is 0 Å². The Hall–Kier alpha value is -2.36. The second kappa shape index (κ2) is 9.43. The average Bonchev–Trinajstić information content (AvgIpc) is 3.48. The summed E-state index contributed by atoms with van der Waals surface area (Å²) in [6, 6.07) is 8.06. The van der Waals surface area contributed by atoms with Gasteiger partial charge in [0.15, 0.2) is 0 Å². The molecule has 3 aromatic rings. The van der Waals surface area contributed by atoms with Crippen molar-refractivity contribution in [2.75, 3.05) is 31.9 Å². The third-order valence-electron chi connectivity index (χ3n) is 4.66. The van der Waals surface area contributed by atoms with Crippen LogP contribution in [0.15, 0.2) is 39.2 Å². The van der Waals surface area contributed by atoms with Crippen molar-refractivity contribution in [3.05, 3.63) is 51.9 Å². The summed E-state index contributed by atoms with van der Waals surface area (Å²) in [6.45, 7) is 6.25. The van der Waals surface area contributed by atoms with E-state index in [1.54, 1.807) is 11.3 Å². The van der Waals surface area contributed by atoms with Gasteiger partial charge in [0.25, 0.3) is 0 Å². The SMILES string of the molecule is Cc1ccc(C=Cc2nc(SCC(=O)N3CCN(Cc4cccs4)CC3)n[nH]2)o1. The fraction of sp³-hybridized carbons (Fsp3) is 0.350. The summed E-state index contributed by atoms with van der Waals surface area (Å²) in [5, 5.41) is 9.72. The molecule has 29 heavy (non-hydrogen) atoms. The highest BCUT2D eigenvalue weighted by atomic mass is 32.2. The molecule has 0 bridgehead atoms. The van der Waals surface area contributed by atoms with Crippen molar-refractivity contribution in [1.82, 2.24) is 25.0 Å². The van der Waals surface area contributed by atoms with Crippen molar-refractivity contribution in [2.45, 2.75) is 18.6 Å². The first-order valence-electron chi connectivity index (χ1n) is 9.48. The van der Waals surface area contributed by atoms with Crippen molar-refractivity contribution in [1.29, 1.82) is 0 Å². The molecule has 1 N–H and O–H groups in total. The first-order chi connectivity index (χ1) is 14.2. The van der Waals surface area contributed by atoms with Crippen LogP contribution in [0.5, 0.6) is 0 Å². The van der Waals surface area contributed by atoms with Crippen molar-refractivity contribution in [3.8, 4) is 0 Å². The molecule has 0 radical (unpaired) electrons. The summed E-state index contributed by atoms with van der Waals surface area (Å²) in [7, 11) is 0. The van der Waals surface area contributed by atoms with E-state index in [1.165, 1.54) is 16.6 Å². The van der Waals surface area contributed by atoms with Crippen LogP contribution >= 0.6 is 23.1 Å². The number of nitrogens with zero attached hydrogens (tertiary/aromatic N) is 4. The molecule has 0 atom stereocenters. The van der Waals surface area contributed by atoms with Crippen LogP contribution in [0.3, 0.4) is 0 Å². The maximum atomic E-state index is 12.5. The molecule has 0 aromatic carbocycles. The Morgan fingerprint density at radius 1 is 1.28 bits per heavy atom. The molecule has 7 nitrogen and oxygen atoms in total. The van der Waals surface area contributed by atoms with Crippen LogP contribution in [0.25, 0.3) is 12.2 Å². The summed E-state index contributed by atoms with van der Waals surface area (Å²) < 4.78 is 5.49. The molecule has 0 aliphatic carbocycles. The van der Waals surface area contributed by atoms with E-state index in [0.717, 1.165) is 44.2 Å². The van der Waals surface area contributed by atoms with Crippen molar-refractivity contribution < 1.29 is 9.21 Å². The predicted molar refractivity (Wildman–Crippen MR) is 116 cm³/mol. The lowest BCUT2D eigenvalue weighted by atomic mass is 10.3. The summed E-state index contributed by atoms with van der Waals surface area (Å²) >= 11 is 3.14. The van der Waals surface area contributed by atoms with Crippen LogP contribution in [0.1, 0.15) is 22.2 Å². The minimum atomic E-state index is 0.138. The van der Waals surface area contributed by atoms with Gasteiger partial charge >= 0.3 is 0 Å². The summed E-state index contributed by atoms with van der Waals surface area (Å²) in [5.41, 5.74) is 0. The molecule has 0 spiro atoms. The number of rotatable bonds is 7. The Morgan fingerprint density at radius 3 is 2.86 bits per heavy atom. The minimum Gasteiger partial charge on any atom is -0.462 e. The van der Waals surface area contributed by atoms with Gasteiger partial charge in [-0.3, -0.25) is 14.8 Å². The molecular weight excluding hydrogens is 406 g/mol. The van der Waals surface area contributed by atoms with E-state index in [4.69, 9.17) is 4.42 Å². The number of aromatic amines is 1. The Bertz CT molecular complexity index is 955. The number of aryl methyl sites for hydroxylation is 1. The summed E-state index contributed by atoms with van der Waals surface area (Å²) in [4.78, 5) is 22.6. The Labute approximate surface area is 177 Å². The molecule has 9 heteroatoms. The number of hydrogen-bond acceptors (Lipinski definition) is 7. The van der Waals surface area contributed by atoms with Gasteiger partial charge in [-0.1, -0.05) is 17.8 Å². The van der Waals surface area contributed by atoms with Gasteiger partial charge in [-0.25, -0.2) is 4.98 Å². The summed E-state index contributed by atoms with van der Waals surface area (Å²) in [6.07, 6.45) is 3.65. The lowest BCUT2D eigenvalue weighted by Gasteiger charge is -2.34. The van der Waals surface area contributed by atoms with Crippen molar-refractivity contribution in [3.63, 3.8) is 0 Å². The number of furan rings is 1. The van der Waals surface area contributed by atoms with Gasteiger partial charge in [0.1, 0.15) is 17.3 Å². The number of amides is 1. The number of piperazine rings is 1. The Balaban J connectivity index is 1.21. The van der Waals surface area contributed by atoms with Crippen LogP contribution < -0.4 is 0 Å². The maximum Gasteiger partial charge on any atom is 0.233 e. The fourth-order valence-electron chi connectivity index (χ4n) is 3.10. The predicted octanol–water partition coefficient (Wildman–Crippen LogP) is 3.37. The van der Waals surface area contributed by atoms with Crippen LogP contribution in [-0.4, -0.2) is 62.8 Å². The number of hydrogen-bond donors (Lipinski definition) is 1. The molecule has 152 valence electrons. The molecule has 0 unspecified atom stereocenters. The fourth-order valence-corrected chi connectivity index (χ4v) is 4.55. The van der Waals surface area contributed by atoms with E-state index < -0.39 is 0 Å². The van der Waals surface area contributed by atoms with Gasteiger partial charge in [-0.2, -0.15) is 0 Å². The maximum absolute atomic E-state index is 12.5. The zero-order valence-electron chi connectivity index (χ0n) is 16.2. The van der Waals surface area contributed by atoms with Crippen molar-refractivity contribution >= 4 is 41.2 Å². The topological polar surface area (TPSA) is 78.3 Å². The van der Waals surface area contributed by atoms with Gasteiger partial charge < -0.3 is 9.32 Å². The third-order valence-corrected chi connectivity index (χ3v) is 6.35. The molecule has 1 amide bonds. The van der Waals surface area contributed by atoms with Crippen LogP contribution in [-0.2, 0) is 11.3 Å². The van der Waals surface area contributed by atoms with Gasteiger partial charge in [0.05, 0.1) is 5.75 Å². The van der Waals surface area contributed by atoms with E-state index in [2.05, 4.69) is 37.6 Å². The average molecular weight is 430 g/mol. The van der Waals surface area contributed by atoms with E-state index in [9.17, 15) is 4.79 Å². The number of carbonyl (C=O) groups is 1. The van der Waals surface area contributed by atoms with E-state index >= 15 is 0 Å². The quantitative estimate of drug-likeness (QED) is 0.580. The largest absolute Gasteiger partial charge is 0.462 e. The number of carbonyl (C=O) groups excluding carboxylic acids is 1. The second-order valence-electron chi connectivity index (χ2n) is 6.81. The zero-order chi connectivity index (χ0) is 20.1. The minimum absolute atomic E-state index is 0.138. The molecule has 1 aliphatic heterocycles. The van der Waals surface area contributed by atoms with Crippen LogP contribution in [0.4, 0.5) is 0 Å². The highest BCUT2D eigenvalue weighted by Gasteiger charge is 2.21. The molecule has 1 saturated heterocycles. The Kier molecular flexibility index (Phi) is 6.48. The lowest BCUT2D eigenvalue weighted by molar-refractivity contribution is -0.130. The molecule has 4 rings (SSSR count). The van der Waals surface area contributed by atoms with Gasteiger partial charge in [0.2, 0.25) is 11.1 Å². The van der Waals surface area contributed by atoms with E-state index in [1.807, 2.05) is 36.1 Å². The highest BCUT2D eigenvalue weighted by molar-refractivity contribution is 7.99. The number of aromatic nitrogens is 3. The molecule has 0 saturated carbocycles. The summed E-state index contributed by atoms with van der Waals surface area (Å²) in [5.74, 6) is 2.75. The lowest BCUT2D eigenvalue weighted by Crippen LogP contribution is -2.48. The number of nitrogens with one attached hydrogen (secondary N) is 1. The van der Waals surface area contributed by atoms with E-state index in [0.29, 0.717) is 16.7 Å². The highest BCUT2D eigenvalue weighted by Crippen LogP contribution is 2.17. The smallest absolute Gasteiger partial charge is 0.233 e. The monoisotopic (exact) mass is 429 g/mol. The molecular formula is C20H23N5O2S2. The third kappa shape index (κ3) is 5.59. The molecule has 1 aliphatic rings. The standard InChI is InChI=1S/C20H23N5O2S2/c1-15-4-5-16(27-15)6-7-18-21-20(23-22-18)29-14-19(26)25-10-8-24(9-11-25)13-17-3-2-12-28-17/h2-7,12H,8-11,13-14H2,1H3,(H,21,22,23). The molecule has 1 fully saturated rings. The van der Waals surface area contributed by atoms with E-state index in [-0.39, 0.29) is 5.91 Å². The Morgan fingerprint density at radius 2 is 2.14 bits per heavy atom.